The molecule has 0 bridgehead atoms. The van der Waals surface area contributed by atoms with Crippen molar-refractivity contribution in [1.29, 1.82) is 0 Å². The van der Waals surface area contributed by atoms with Crippen molar-refractivity contribution in [2.45, 2.75) is 4.87 Å². The molecule has 0 spiro atoms. The Bertz CT molecular complexity index is 300. The molecule has 0 amide bonds. The number of carboxylic acid groups (broad SMARTS) is 1. The summed E-state index contributed by atoms with van der Waals surface area (Å²) in [4.78, 5) is 9.33. The molecule has 1 unspecified atom stereocenters. The molecule has 0 aliphatic carbocycles. The van der Waals surface area contributed by atoms with E-state index in [0.717, 1.165) is 0 Å². The van der Waals surface area contributed by atoms with Crippen molar-refractivity contribution >= 4 is 29.2 Å². The van der Waals surface area contributed by atoms with Crippen LogP contribution in [0, 0.1) is 0 Å². The Balaban J connectivity index is 3.11. The van der Waals surface area contributed by atoms with E-state index in [-0.39, 0.29) is 5.88 Å². The largest absolute Gasteiger partial charge is 0.480 e. The lowest BCUT2D eigenvalue weighted by Gasteiger charge is -2.19. The van der Waals surface area contributed by atoms with Crippen LogP contribution in [0.4, 0.5) is 0 Å². The van der Waals surface area contributed by atoms with Gasteiger partial charge in [0.25, 0.3) is 0 Å². The van der Waals surface area contributed by atoms with Gasteiger partial charge in [-0.05, 0) is 5.56 Å². The highest BCUT2D eigenvalue weighted by Gasteiger charge is 2.37. The minimum Gasteiger partial charge on any atom is -0.480 e. The van der Waals surface area contributed by atoms with Crippen molar-refractivity contribution in [1.82, 2.24) is 0 Å². The van der Waals surface area contributed by atoms with Crippen LogP contribution in [0.15, 0.2) is 30.3 Å². The molecule has 13 heavy (non-hydrogen) atoms. The van der Waals surface area contributed by atoms with Crippen LogP contribution in [0.25, 0.3) is 0 Å². The molecule has 1 rings (SSSR count). The van der Waals surface area contributed by atoms with Gasteiger partial charge >= 0.3 is 5.97 Å². The predicted molar refractivity (Wildman–Crippen MR) is 52.3 cm³/mol. The summed E-state index contributed by atoms with van der Waals surface area (Å²) in [6.45, 7) is 0. The Hall–Kier alpha value is -0.730. The maximum atomic E-state index is 10.8. The fraction of sp³-hybridized carbons (Fsp3) is 0.222. The minimum atomic E-state index is -1.51. The maximum absolute atomic E-state index is 10.8. The van der Waals surface area contributed by atoms with Crippen molar-refractivity contribution in [3.63, 3.8) is 0 Å². The summed E-state index contributed by atoms with van der Waals surface area (Å²) >= 11 is 11.4. The molecule has 0 aliphatic heterocycles. The summed E-state index contributed by atoms with van der Waals surface area (Å²) in [6.07, 6.45) is 0. The van der Waals surface area contributed by atoms with E-state index in [9.17, 15) is 4.79 Å². The van der Waals surface area contributed by atoms with E-state index in [0.29, 0.717) is 5.56 Å². The van der Waals surface area contributed by atoms with Crippen molar-refractivity contribution < 1.29 is 9.90 Å². The Morgan fingerprint density at radius 2 is 1.92 bits per heavy atom. The fourth-order valence-corrected chi connectivity index (χ4v) is 1.35. The smallest absolute Gasteiger partial charge is 0.330 e. The normalized spacial score (nSPS) is 14.9. The van der Waals surface area contributed by atoms with Crippen LogP contribution in [0.3, 0.4) is 0 Å². The van der Waals surface area contributed by atoms with Crippen LogP contribution in [0.1, 0.15) is 5.56 Å². The SMILES string of the molecule is O=C(O)C(Cl)(CCl)c1ccccc1. The molecular weight excluding hydrogens is 211 g/mol. The van der Waals surface area contributed by atoms with Gasteiger partial charge in [0.2, 0.25) is 0 Å². The average Bonchev–Trinajstić information content (AvgIpc) is 2.17. The molecule has 0 radical (unpaired) electrons. The molecule has 0 heterocycles. The molecule has 0 saturated heterocycles. The van der Waals surface area contributed by atoms with E-state index < -0.39 is 10.8 Å². The molecule has 0 saturated carbocycles. The van der Waals surface area contributed by atoms with Gasteiger partial charge < -0.3 is 5.11 Å². The summed E-state index contributed by atoms with van der Waals surface area (Å²) < 4.78 is 0. The van der Waals surface area contributed by atoms with E-state index >= 15 is 0 Å². The van der Waals surface area contributed by atoms with Crippen molar-refractivity contribution in [2.75, 3.05) is 5.88 Å². The molecule has 2 nitrogen and oxygen atoms in total. The number of halogens is 2. The molecule has 1 aromatic rings. The highest BCUT2D eigenvalue weighted by atomic mass is 35.5. The highest BCUT2D eigenvalue weighted by Crippen LogP contribution is 2.30. The van der Waals surface area contributed by atoms with Crippen LogP contribution in [-0.2, 0) is 9.67 Å². The second kappa shape index (κ2) is 3.99. The van der Waals surface area contributed by atoms with Crippen LogP contribution in [0.2, 0.25) is 0 Å². The van der Waals surface area contributed by atoms with Gasteiger partial charge in [-0.2, -0.15) is 0 Å². The lowest BCUT2D eigenvalue weighted by molar-refractivity contribution is -0.139. The molecule has 1 atom stereocenters. The first-order valence-electron chi connectivity index (χ1n) is 3.65. The Kier molecular flexibility index (Phi) is 3.17. The monoisotopic (exact) mass is 218 g/mol. The van der Waals surface area contributed by atoms with Gasteiger partial charge in [-0.15, -0.1) is 23.2 Å². The zero-order chi connectivity index (χ0) is 9.90. The number of benzene rings is 1. The van der Waals surface area contributed by atoms with E-state index in [1.807, 2.05) is 0 Å². The summed E-state index contributed by atoms with van der Waals surface area (Å²) in [5, 5.41) is 8.87. The number of alkyl halides is 2. The zero-order valence-electron chi connectivity index (χ0n) is 6.71. The Labute approximate surface area is 86.1 Å². The number of hydrogen-bond acceptors (Lipinski definition) is 1. The standard InChI is InChI=1S/C9H8Cl2O2/c10-6-9(11,8(12)13)7-4-2-1-3-5-7/h1-5H,6H2,(H,12,13). The quantitative estimate of drug-likeness (QED) is 0.792. The molecule has 1 N–H and O–H groups in total. The third-order valence-electron chi connectivity index (χ3n) is 1.75. The van der Waals surface area contributed by atoms with Crippen molar-refractivity contribution in [3.05, 3.63) is 35.9 Å². The number of rotatable bonds is 3. The third-order valence-corrected chi connectivity index (χ3v) is 2.81. The lowest BCUT2D eigenvalue weighted by atomic mass is 10.0. The fourth-order valence-electron chi connectivity index (χ4n) is 0.960. The van der Waals surface area contributed by atoms with E-state index in [1.165, 1.54) is 0 Å². The second-order valence-corrected chi connectivity index (χ2v) is 3.52. The highest BCUT2D eigenvalue weighted by molar-refractivity contribution is 6.38. The van der Waals surface area contributed by atoms with Gasteiger partial charge in [0, 0.05) is 0 Å². The van der Waals surface area contributed by atoms with Gasteiger partial charge in [-0.3, -0.25) is 0 Å². The topological polar surface area (TPSA) is 37.3 Å². The molecule has 0 aromatic heterocycles. The van der Waals surface area contributed by atoms with Gasteiger partial charge in [0.1, 0.15) is 0 Å². The van der Waals surface area contributed by atoms with Gasteiger partial charge in [0.05, 0.1) is 5.88 Å². The minimum absolute atomic E-state index is 0.159. The Morgan fingerprint density at radius 1 is 1.38 bits per heavy atom. The van der Waals surface area contributed by atoms with E-state index in [4.69, 9.17) is 28.3 Å². The first-order chi connectivity index (χ1) is 6.11. The zero-order valence-corrected chi connectivity index (χ0v) is 8.22. The van der Waals surface area contributed by atoms with Gasteiger partial charge in [-0.25, -0.2) is 4.79 Å². The summed E-state index contributed by atoms with van der Waals surface area (Å²) in [5.74, 6) is -1.29. The predicted octanol–water partition coefficient (Wildman–Crippen LogP) is 2.44. The molecule has 70 valence electrons. The second-order valence-electron chi connectivity index (χ2n) is 2.61. The van der Waals surface area contributed by atoms with Crippen molar-refractivity contribution in [3.8, 4) is 0 Å². The number of carbonyl (C=O) groups is 1. The summed E-state index contributed by atoms with van der Waals surface area (Å²) in [5.41, 5.74) is 0.499. The van der Waals surface area contributed by atoms with Crippen LogP contribution in [0.5, 0.6) is 0 Å². The molecule has 0 fully saturated rings. The third kappa shape index (κ3) is 1.95. The molecule has 1 aromatic carbocycles. The molecule has 4 heteroatoms. The first-order valence-corrected chi connectivity index (χ1v) is 4.56. The van der Waals surface area contributed by atoms with Crippen LogP contribution in [-0.4, -0.2) is 17.0 Å². The lowest BCUT2D eigenvalue weighted by Crippen LogP contribution is -2.31. The van der Waals surface area contributed by atoms with Gasteiger partial charge in [0.15, 0.2) is 4.87 Å². The number of hydrogen-bond donors (Lipinski definition) is 1. The van der Waals surface area contributed by atoms with Crippen LogP contribution >= 0.6 is 23.2 Å². The first kappa shape index (κ1) is 10.4. The van der Waals surface area contributed by atoms with E-state index in [2.05, 4.69) is 0 Å². The van der Waals surface area contributed by atoms with Crippen LogP contribution < -0.4 is 0 Å². The van der Waals surface area contributed by atoms with E-state index in [1.54, 1.807) is 30.3 Å². The Morgan fingerprint density at radius 3 is 2.31 bits per heavy atom. The summed E-state index contributed by atoms with van der Waals surface area (Å²) in [7, 11) is 0. The van der Waals surface area contributed by atoms with Crippen molar-refractivity contribution in [2.24, 2.45) is 0 Å². The maximum Gasteiger partial charge on any atom is 0.330 e. The number of aliphatic carboxylic acids is 1. The molecule has 0 aliphatic rings. The molecular formula is C9H8Cl2O2. The van der Waals surface area contributed by atoms with Gasteiger partial charge in [-0.1, -0.05) is 30.3 Å². The average molecular weight is 219 g/mol. The summed E-state index contributed by atoms with van der Waals surface area (Å²) in [6, 6.07) is 8.52. The number of carboxylic acids is 1.